The molecule has 1 atom stereocenters. The van der Waals surface area contributed by atoms with Gasteiger partial charge in [0.25, 0.3) is 0 Å². The molecule has 1 unspecified atom stereocenters. The number of allylic oxidation sites excluding steroid dienone is 1. The van der Waals surface area contributed by atoms with Crippen LogP contribution in [0.15, 0.2) is 30.9 Å². The maximum atomic E-state index is 5.68. The van der Waals surface area contributed by atoms with Gasteiger partial charge in [-0.25, -0.2) is 0 Å². The van der Waals surface area contributed by atoms with E-state index in [1.807, 2.05) is 33.0 Å². The zero-order chi connectivity index (χ0) is 14.8. The van der Waals surface area contributed by atoms with Crippen LogP contribution < -0.4 is 14.8 Å². The molecule has 0 saturated carbocycles. The summed E-state index contributed by atoms with van der Waals surface area (Å²) in [7, 11) is 2.00. The third-order valence-electron chi connectivity index (χ3n) is 3.22. The molecule has 1 aromatic rings. The van der Waals surface area contributed by atoms with E-state index in [0.29, 0.717) is 19.3 Å². The summed E-state index contributed by atoms with van der Waals surface area (Å²) in [4.78, 5) is 0. The topological polar surface area (TPSA) is 30.5 Å². The third-order valence-corrected chi connectivity index (χ3v) is 3.22. The maximum absolute atomic E-state index is 5.68. The average molecular weight is 277 g/mol. The Kier molecular flexibility index (Phi) is 7.81. The molecule has 3 nitrogen and oxygen atoms in total. The Hall–Kier alpha value is -1.48. The SMILES string of the molecule is C=CCCCC(NC)c1ccc(OCC)c(OCC)c1. The minimum absolute atomic E-state index is 0.338. The van der Waals surface area contributed by atoms with Gasteiger partial charge in [-0.15, -0.1) is 6.58 Å². The van der Waals surface area contributed by atoms with E-state index in [9.17, 15) is 0 Å². The van der Waals surface area contributed by atoms with Crippen molar-refractivity contribution in [2.45, 2.75) is 39.2 Å². The number of unbranched alkanes of at least 4 members (excludes halogenated alkanes) is 1. The first-order valence-corrected chi connectivity index (χ1v) is 7.44. The van der Waals surface area contributed by atoms with Gasteiger partial charge in [-0.1, -0.05) is 12.1 Å². The van der Waals surface area contributed by atoms with Crippen molar-refractivity contribution in [3.05, 3.63) is 36.4 Å². The summed E-state index contributed by atoms with van der Waals surface area (Å²) in [5.74, 6) is 1.65. The van der Waals surface area contributed by atoms with Crippen LogP contribution in [0.2, 0.25) is 0 Å². The molecule has 0 saturated heterocycles. The summed E-state index contributed by atoms with van der Waals surface area (Å²) in [6.45, 7) is 9.03. The molecule has 112 valence electrons. The van der Waals surface area contributed by atoms with E-state index in [2.05, 4.69) is 24.0 Å². The molecule has 0 fully saturated rings. The highest BCUT2D eigenvalue weighted by molar-refractivity contribution is 5.44. The van der Waals surface area contributed by atoms with Gasteiger partial charge in [0, 0.05) is 6.04 Å². The van der Waals surface area contributed by atoms with Crippen LogP contribution in [0, 0.1) is 0 Å². The first kappa shape index (κ1) is 16.6. The molecule has 0 aromatic heterocycles. The van der Waals surface area contributed by atoms with Gasteiger partial charge in [-0.3, -0.25) is 0 Å². The van der Waals surface area contributed by atoms with Gasteiger partial charge < -0.3 is 14.8 Å². The van der Waals surface area contributed by atoms with E-state index < -0.39 is 0 Å². The molecule has 0 spiro atoms. The molecule has 1 rings (SSSR count). The molecule has 3 heteroatoms. The van der Waals surface area contributed by atoms with Crippen molar-refractivity contribution in [2.75, 3.05) is 20.3 Å². The van der Waals surface area contributed by atoms with Gasteiger partial charge in [0.05, 0.1) is 13.2 Å². The Balaban J connectivity index is 2.86. The molecule has 20 heavy (non-hydrogen) atoms. The van der Waals surface area contributed by atoms with Crippen molar-refractivity contribution >= 4 is 0 Å². The first-order chi connectivity index (χ1) is 9.76. The van der Waals surface area contributed by atoms with Crippen molar-refractivity contribution in [3.63, 3.8) is 0 Å². The normalized spacial score (nSPS) is 11.9. The van der Waals surface area contributed by atoms with Crippen molar-refractivity contribution < 1.29 is 9.47 Å². The lowest BCUT2D eigenvalue weighted by Gasteiger charge is -2.19. The zero-order valence-corrected chi connectivity index (χ0v) is 12.9. The molecule has 0 heterocycles. The Morgan fingerprint density at radius 1 is 1.20 bits per heavy atom. The van der Waals surface area contributed by atoms with Crippen LogP contribution in [0.1, 0.15) is 44.7 Å². The minimum atomic E-state index is 0.338. The zero-order valence-electron chi connectivity index (χ0n) is 12.9. The van der Waals surface area contributed by atoms with Crippen molar-refractivity contribution in [2.24, 2.45) is 0 Å². The first-order valence-electron chi connectivity index (χ1n) is 7.44. The number of hydrogen-bond donors (Lipinski definition) is 1. The number of hydrogen-bond acceptors (Lipinski definition) is 3. The summed E-state index contributed by atoms with van der Waals surface area (Å²) in [5, 5.41) is 3.37. The summed E-state index contributed by atoms with van der Waals surface area (Å²) in [6.07, 6.45) is 5.23. The van der Waals surface area contributed by atoms with E-state index in [1.54, 1.807) is 0 Å². The Labute approximate surface area is 123 Å². The van der Waals surface area contributed by atoms with E-state index in [-0.39, 0.29) is 0 Å². The van der Waals surface area contributed by atoms with Crippen LogP contribution >= 0.6 is 0 Å². The lowest BCUT2D eigenvalue weighted by Crippen LogP contribution is -2.16. The van der Waals surface area contributed by atoms with Gasteiger partial charge in [-0.2, -0.15) is 0 Å². The van der Waals surface area contributed by atoms with Crippen LogP contribution in [0.5, 0.6) is 11.5 Å². The molecule has 0 aliphatic rings. The monoisotopic (exact) mass is 277 g/mol. The van der Waals surface area contributed by atoms with Crippen molar-refractivity contribution in [3.8, 4) is 11.5 Å². The average Bonchev–Trinajstić information content (AvgIpc) is 2.46. The fraction of sp³-hybridized carbons (Fsp3) is 0.529. The highest BCUT2D eigenvalue weighted by Crippen LogP contribution is 2.32. The van der Waals surface area contributed by atoms with Crippen LogP contribution in [0.25, 0.3) is 0 Å². The maximum Gasteiger partial charge on any atom is 0.161 e. The number of ether oxygens (including phenoxy) is 2. The molecular weight excluding hydrogens is 250 g/mol. The lowest BCUT2D eigenvalue weighted by molar-refractivity contribution is 0.287. The van der Waals surface area contributed by atoms with Gasteiger partial charge in [0.2, 0.25) is 0 Å². The fourth-order valence-electron chi connectivity index (χ4n) is 2.23. The predicted molar refractivity (Wildman–Crippen MR) is 84.6 cm³/mol. The fourth-order valence-corrected chi connectivity index (χ4v) is 2.23. The Morgan fingerprint density at radius 3 is 2.50 bits per heavy atom. The molecule has 1 aromatic carbocycles. The largest absolute Gasteiger partial charge is 0.490 e. The van der Waals surface area contributed by atoms with Crippen LogP contribution in [0.4, 0.5) is 0 Å². The number of nitrogens with one attached hydrogen (secondary N) is 1. The number of benzene rings is 1. The third kappa shape index (κ3) is 4.89. The predicted octanol–water partition coefficient (Wildman–Crippen LogP) is 4.10. The summed E-state index contributed by atoms with van der Waals surface area (Å²) < 4.78 is 11.3. The Morgan fingerprint density at radius 2 is 1.90 bits per heavy atom. The van der Waals surface area contributed by atoms with Gasteiger partial charge in [0.1, 0.15) is 0 Å². The molecule has 0 radical (unpaired) electrons. The molecule has 0 amide bonds. The standard InChI is InChI=1S/C17H27NO2/c1-5-8-9-10-15(18-4)14-11-12-16(19-6-2)17(13-14)20-7-3/h5,11-13,15,18H,1,6-10H2,2-4H3. The molecule has 1 N–H and O–H groups in total. The summed E-state index contributed by atoms with van der Waals surface area (Å²) in [5.41, 5.74) is 1.24. The molecule has 0 aliphatic carbocycles. The second-order valence-electron chi connectivity index (χ2n) is 4.63. The summed E-state index contributed by atoms with van der Waals surface area (Å²) in [6, 6.07) is 6.54. The van der Waals surface area contributed by atoms with Crippen LogP contribution in [0.3, 0.4) is 0 Å². The van der Waals surface area contributed by atoms with E-state index in [1.165, 1.54) is 5.56 Å². The highest BCUT2D eigenvalue weighted by Gasteiger charge is 2.12. The quantitative estimate of drug-likeness (QED) is 0.516. The van der Waals surface area contributed by atoms with Crippen molar-refractivity contribution in [1.29, 1.82) is 0 Å². The van der Waals surface area contributed by atoms with Gasteiger partial charge >= 0.3 is 0 Å². The van der Waals surface area contributed by atoms with Crippen LogP contribution in [-0.4, -0.2) is 20.3 Å². The molecule has 0 aliphatic heterocycles. The summed E-state index contributed by atoms with van der Waals surface area (Å²) >= 11 is 0. The minimum Gasteiger partial charge on any atom is -0.490 e. The van der Waals surface area contributed by atoms with Gasteiger partial charge in [-0.05, 0) is 57.9 Å². The highest BCUT2D eigenvalue weighted by atomic mass is 16.5. The smallest absolute Gasteiger partial charge is 0.161 e. The van der Waals surface area contributed by atoms with E-state index >= 15 is 0 Å². The second kappa shape index (κ2) is 9.43. The Bertz CT molecular complexity index is 404. The van der Waals surface area contributed by atoms with E-state index in [4.69, 9.17) is 9.47 Å². The van der Waals surface area contributed by atoms with E-state index in [0.717, 1.165) is 30.8 Å². The van der Waals surface area contributed by atoms with Gasteiger partial charge in [0.15, 0.2) is 11.5 Å². The molecular formula is C17H27NO2. The molecule has 0 bridgehead atoms. The lowest BCUT2D eigenvalue weighted by atomic mass is 10.0. The van der Waals surface area contributed by atoms with Crippen LogP contribution in [-0.2, 0) is 0 Å². The second-order valence-corrected chi connectivity index (χ2v) is 4.63. The van der Waals surface area contributed by atoms with Crippen molar-refractivity contribution in [1.82, 2.24) is 5.32 Å². The number of rotatable bonds is 10.